The summed E-state index contributed by atoms with van der Waals surface area (Å²) in [5.41, 5.74) is 0.983. The van der Waals surface area contributed by atoms with Crippen molar-refractivity contribution >= 4 is 16.9 Å². The van der Waals surface area contributed by atoms with E-state index in [1.165, 1.54) is 12.1 Å². The van der Waals surface area contributed by atoms with Crippen LogP contribution in [0, 0.1) is 0 Å². The third-order valence-electron chi connectivity index (χ3n) is 5.70. The van der Waals surface area contributed by atoms with Gasteiger partial charge in [-0.3, -0.25) is 0 Å². The number of carboxylic acids is 1. The molecule has 1 heterocycles. The van der Waals surface area contributed by atoms with Crippen molar-refractivity contribution in [3.05, 3.63) is 64.8 Å². The molecule has 30 heavy (non-hydrogen) atoms. The van der Waals surface area contributed by atoms with Crippen LogP contribution in [0.25, 0.3) is 10.9 Å². The van der Waals surface area contributed by atoms with Gasteiger partial charge in [0.1, 0.15) is 18.1 Å². The molecule has 1 aromatic heterocycles. The van der Waals surface area contributed by atoms with Gasteiger partial charge in [0.05, 0.1) is 5.56 Å². The maximum Gasteiger partial charge on any atom is 0.416 e. The number of H-pyrrole nitrogens is 1. The lowest BCUT2D eigenvalue weighted by Gasteiger charge is -2.25. The Morgan fingerprint density at radius 1 is 1.07 bits per heavy atom. The molecule has 4 rings (SSSR count). The number of rotatable bonds is 5. The minimum Gasteiger partial charge on any atom is -0.489 e. The summed E-state index contributed by atoms with van der Waals surface area (Å²) in [7, 11) is 0. The summed E-state index contributed by atoms with van der Waals surface area (Å²) in [6, 6.07) is 11.0. The second-order valence-electron chi connectivity index (χ2n) is 7.78. The van der Waals surface area contributed by atoms with Crippen LogP contribution in [0.2, 0.25) is 0 Å². The van der Waals surface area contributed by atoms with Gasteiger partial charge in [0.25, 0.3) is 0 Å². The van der Waals surface area contributed by atoms with Gasteiger partial charge in [-0.05, 0) is 60.2 Å². The molecule has 1 aliphatic carbocycles. The number of ether oxygens (including phenoxy) is 1. The number of hydrogen-bond donors (Lipinski definition) is 2. The molecule has 0 aliphatic heterocycles. The van der Waals surface area contributed by atoms with Gasteiger partial charge in [-0.2, -0.15) is 13.2 Å². The topological polar surface area (TPSA) is 62.3 Å². The smallest absolute Gasteiger partial charge is 0.416 e. The number of benzene rings is 2. The summed E-state index contributed by atoms with van der Waals surface area (Å²) in [6.45, 7) is -0.00422. The van der Waals surface area contributed by atoms with Gasteiger partial charge in [-0.15, -0.1) is 0 Å². The van der Waals surface area contributed by atoms with Crippen molar-refractivity contribution in [2.45, 2.75) is 50.8 Å². The van der Waals surface area contributed by atoms with Crippen LogP contribution >= 0.6 is 0 Å². The third-order valence-corrected chi connectivity index (χ3v) is 5.70. The number of carboxylic acid groups (broad SMARTS) is 1. The molecule has 1 fully saturated rings. The van der Waals surface area contributed by atoms with E-state index in [1.54, 1.807) is 30.3 Å². The second-order valence-corrected chi connectivity index (χ2v) is 7.78. The molecule has 2 N–H and O–H groups in total. The minimum atomic E-state index is -4.40. The van der Waals surface area contributed by atoms with E-state index in [1.807, 2.05) is 0 Å². The van der Waals surface area contributed by atoms with Crippen molar-refractivity contribution in [3.63, 3.8) is 0 Å². The van der Waals surface area contributed by atoms with Crippen LogP contribution in [0.3, 0.4) is 0 Å². The van der Waals surface area contributed by atoms with E-state index in [-0.39, 0.29) is 18.2 Å². The average molecular weight is 417 g/mol. The zero-order valence-electron chi connectivity index (χ0n) is 16.3. The fourth-order valence-corrected chi connectivity index (χ4v) is 4.19. The van der Waals surface area contributed by atoms with Gasteiger partial charge in [0.15, 0.2) is 0 Å². The quantitative estimate of drug-likeness (QED) is 0.497. The van der Waals surface area contributed by atoms with Crippen LogP contribution < -0.4 is 4.74 Å². The van der Waals surface area contributed by atoms with E-state index in [4.69, 9.17) is 9.84 Å². The fourth-order valence-electron chi connectivity index (χ4n) is 4.19. The number of nitrogens with one attached hydrogen (secondary N) is 1. The summed E-state index contributed by atoms with van der Waals surface area (Å²) < 4.78 is 46.8. The van der Waals surface area contributed by atoms with E-state index in [2.05, 4.69) is 4.98 Å². The lowest BCUT2D eigenvalue weighted by molar-refractivity contribution is -0.138. The number of alkyl halides is 3. The number of hydrogen-bond acceptors (Lipinski definition) is 2. The first-order valence-electron chi connectivity index (χ1n) is 10.00. The molecule has 0 bridgehead atoms. The summed E-state index contributed by atoms with van der Waals surface area (Å²) in [4.78, 5) is 13.8. The third kappa shape index (κ3) is 4.30. The van der Waals surface area contributed by atoms with E-state index >= 15 is 0 Å². The van der Waals surface area contributed by atoms with Crippen LogP contribution in [0.15, 0.2) is 42.5 Å². The zero-order chi connectivity index (χ0) is 21.3. The first kappa shape index (κ1) is 20.3. The predicted octanol–water partition coefficient (Wildman–Crippen LogP) is 6.51. The van der Waals surface area contributed by atoms with Gasteiger partial charge in [-0.1, -0.05) is 31.4 Å². The molecule has 158 valence electrons. The molecule has 7 heteroatoms. The largest absolute Gasteiger partial charge is 0.489 e. The average Bonchev–Trinajstić information content (AvgIpc) is 3.16. The standard InChI is InChI=1S/C23H22F3NO3/c24-23(25,26)19-10-14(6-8-18(19)15-4-2-1-3-5-15)13-30-17-7-9-20-16(11-17)12-21(27-20)22(28)29/h6-12,15,27H,1-5,13H2,(H,28,29). The highest BCUT2D eigenvalue weighted by molar-refractivity contribution is 5.94. The Morgan fingerprint density at radius 2 is 1.83 bits per heavy atom. The Hall–Kier alpha value is -2.96. The highest BCUT2D eigenvalue weighted by Crippen LogP contribution is 2.41. The number of aromatic amines is 1. The van der Waals surface area contributed by atoms with Crippen molar-refractivity contribution in [2.24, 2.45) is 0 Å². The minimum absolute atomic E-state index is 0.00422. The van der Waals surface area contributed by atoms with Crippen molar-refractivity contribution < 1.29 is 27.8 Å². The monoisotopic (exact) mass is 417 g/mol. The normalized spacial score (nSPS) is 15.4. The lowest BCUT2D eigenvalue weighted by Crippen LogP contribution is -2.15. The van der Waals surface area contributed by atoms with Crippen molar-refractivity contribution in [3.8, 4) is 5.75 Å². The molecule has 0 atom stereocenters. The SMILES string of the molecule is O=C(O)c1cc2cc(OCc3ccc(C4CCCCC4)c(C(F)(F)F)c3)ccc2[nH]1. The van der Waals surface area contributed by atoms with Crippen LogP contribution in [0.4, 0.5) is 13.2 Å². The van der Waals surface area contributed by atoms with Crippen LogP contribution in [0.1, 0.15) is 65.2 Å². The van der Waals surface area contributed by atoms with Crippen LogP contribution in [-0.4, -0.2) is 16.1 Å². The van der Waals surface area contributed by atoms with E-state index < -0.39 is 17.7 Å². The highest BCUT2D eigenvalue weighted by atomic mass is 19.4. The molecule has 0 amide bonds. The Balaban J connectivity index is 1.54. The summed E-state index contributed by atoms with van der Waals surface area (Å²) in [5.74, 6) is -0.639. The Kier molecular flexibility index (Phi) is 5.45. The molecule has 0 unspecified atom stereocenters. The fraction of sp³-hybridized carbons (Fsp3) is 0.348. The van der Waals surface area contributed by atoms with Crippen molar-refractivity contribution in [1.29, 1.82) is 0 Å². The van der Waals surface area contributed by atoms with Crippen molar-refractivity contribution in [1.82, 2.24) is 4.98 Å². The highest BCUT2D eigenvalue weighted by Gasteiger charge is 2.35. The summed E-state index contributed by atoms with van der Waals surface area (Å²) in [5, 5.41) is 9.72. The first-order valence-corrected chi connectivity index (χ1v) is 10.00. The maximum atomic E-state index is 13.7. The number of aromatic nitrogens is 1. The van der Waals surface area contributed by atoms with Gasteiger partial charge < -0.3 is 14.8 Å². The van der Waals surface area contributed by atoms with E-state index in [0.717, 1.165) is 32.1 Å². The molecule has 2 aromatic carbocycles. The molecule has 0 radical (unpaired) electrons. The lowest BCUT2D eigenvalue weighted by atomic mass is 9.81. The molecule has 0 spiro atoms. The first-order chi connectivity index (χ1) is 14.3. The van der Waals surface area contributed by atoms with Gasteiger partial charge in [0, 0.05) is 10.9 Å². The van der Waals surface area contributed by atoms with E-state index in [9.17, 15) is 18.0 Å². The summed E-state index contributed by atoms with van der Waals surface area (Å²) in [6.07, 6.45) is 0.223. The molecule has 4 nitrogen and oxygen atoms in total. The summed E-state index contributed by atoms with van der Waals surface area (Å²) >= 11 is 0. The predicted molar refractivity (Wildman–Crippen MR) is 107 cm³/mol. The molecule has 1 aliphatic rings. The number of carbonyl (C=O) groups is 1. The molecule has 3 aromatic rings. The maximum absolute atomic E-state index is 13.7. The Labute approximate surface area is 171 Å². The Bertz CT molecular complexity index is 1070. The second kappa shape index (κ2) is 8.05. The number of aromatic carboxylic acids is 1. The molecular weight excluding hydrogens is 395 g/mol. The molecular formula is C23H22F3NO3. The zero-order valence-corrected chi connectivity index (χ0v) is 16.3. The van der Waals surface area contributed by atoms with Crippen LogP contribution in [0.5, 0.6) is 5.75 Å². The molecule has 0 saturated heterocycles. The van der Waals surface area contributed by atoms with Gasteiger partial charge >= 0.3 is 12.1 Å². The van der Waals surface area contributed by atoms with Gasteiger partial charge in [-0.25, -0.2) is 4.79 Å². The Morgan fingerprint density at radius 3 is 2.53 bits per heavy atom. The van der Waals surface area contributed by atoms with Crippen LogP contribution in [-0.2, 0) is 12.8 Å². The number of fused-ring (bicyclic) bond motifs is 1. The number of halogens is 3. The van der Waals surface area contributed by atoms with Gasteiger partial charge in [0.2, 0.25) is 0 Å². The van der Waals surface area contributed by atoms with E-state index in [0.29, 0.717) is 27.8 Å². The van der Waals surface area contributed by atoms with Crippen molar-refractivity contribution in [2.75, 3.05) is 0 Å². The molecule has 1 saturated carbocycles.